The van der Waals surface area contributed by atoms with Crippen LogP contribution >= 0.6 is 12.4 Å². The lowest BCUT2D eigenvalue weighted by atomic mass is 10.0. The molecule has 1 amide bonds. The molecule has 6 nitrogen and oxygen atoms in total. The maximum atomic E-state index is 12.3. The molecule has 1 atom stereocenters. The third kappa shape index (κ3) is 6.22. The molecule has 26 heavy (non-hydrogen) atoms. The number of anilines is 2. The average Bonchev–Trinajstić information content (AvgIpc) is 2.54. The Morgan fingerprint density at radius 1 is 1.15 bits per heavy atom. The second kappa shape index (κ2) is 8.89. The Morgan fingerprint density at radius 3 is 2.35 bits per heavy atom. The molecule has 0 aliphatic carbocycles. The summed E-state index contributed by atoms with van der Waals surface area (Å²) in [6, 6.07) is 11.1. The number of aliphatic hydroxyl groups excluding tert-OH is 1. The Balaban J connectivity index is 0.00000338. The zero-order chi connectivity index (χ0) is 18.6. The summed E-state index contributed by atoms with van der Waals surface area (Å²) >= 11 is 0. The predicted molar refractivity (Wildman–Crippen MR) is 107 cm³/mol. The first-order chi connectivity index (χ1) is 11.7. The van der Waals surface area contributed by atoms with Crippen LogP contribution in [0.15, 0.2) is 42.5 Å². The number of rotatable bonds is 5. The third-order valence-electron chi connectivity index (χ3n) is 3.65. The van der Waals surface area contributed by atoms with Gasteiger partial charge in [-0.05, 0) is 62.7 Å². The standard InChI is InChI=1S/C19H25N3O3.ClH/c1-19(2,3)21-11-17(24)13-6-9-16(23)15(10-13)22-18(25)12-4-7-14(20)8-5-12;/h4-10,17,21,23-24H,11,20H2,1-3H3,(H,22,25);1H. The number of carbonyl (C=O) groups excluding carboxylic acids is 1. The molecule has 7 heteroatoms. The number of hydrogen-bond donors (Lipinski definition) is 5. The van der Waals surface area contributed by atoms with E-state index in [1.165, 1.54) is 6.07 Å². The molecule has 0 spiro atoms. The monoisotopic (exact) mass is 379 g/mol. The van der Waals surface area contributed by atoms with E-state index >= 15 is 0 Å². The molecule has 0 radical (unpaired) electrons. The van der Waals surface area contributed by atoms with Crippen molar-refractivity contribution >= 4 is 29.7 Å². The van der Waals surface area contributed by atoms with Gasteiger partial charge in [0.1, 0.15) is 5.75 Å². The van der Waals surface area contributed by atoms with Gasteiger partial charge in [-0.1, -0.05) is 6.07 Å². The summed E-state index contributed by atoms with van der Waals surface area (Å²) in [5, 5.41) is 26.2. The molecule has 142 valence electrons. The van der Waals surface area contributed by atoms with E-state index in [4.69, 9.17) is 5.73 Å². The molecule has 6 N–H and O–H groups in total. The second-order valence-corrected chi connectivity index (χ2v) is 7.00. The van der Waals surface area contributed by atoms with Gasteiger partial charge in [0.05, 0.1) is 11.8 Å². The van der Waals surface area contributed by atoms with Crippen molar-refractivity contribution in [1.29, 1.82) is 0 Å². The second-order valence-electron chi connectivity index (χ2n) is 7.00. The molecule has 0 aliphatic heterocycles. The molecular formula is C19H26ClN3O3. The Morgan fingerprint density at radius 2 is 1.77 bits per heavy atom. The lowest BCUT2D eigenvalue weighted by molar-refractivity contribution is 0.102. The van der Waals surface area contributed by atoms with E-state index in [1.54, 1.807) is 36.4 Å². The first-order valence-corrected chi connectivity index (χ1v) is 8.08. The van der Waals surface area contributed by atoms with Crippen molar-refractivity contribution in [3.8, 4) is 5.75 Å². The van der Waals surface area contributed by atoms with Crippen LogP contribution < -0.4 is 16.4 Å². The molecular weight excluding hydrogens is 354 g/mol. The van der Waals surface area contributed by atoms with Crippen LogP contribution in [0.2, 0.25) is 0 Å². The molecule has 0 saturated carbocycles. The van der Waals surface area contributed by atoms with Crippen molar-refractivity contribution in [2.24, 2.45) is 0 Å². The van der Waals surface area contributed by atoms with E-state index in [0.29, 0.717) is 23.4 Å². The quantitative estimate of drug-likeness (QED) is 0.405. The molecule has 0 aliphatic rings. The summed E-state index contributed by atoms with van der Waals surface area (Å²) in [7, 11) is 0. The van der Waals surface area contributed by atoms with Crippen molar-refractivity contribution in [3.63, 3.8) is 0 Å². The number of hydrogen-bond acceptors (Lipinski definition) is 5. The van der Waals surface area contributed by atoms with Gasteiger partial charge >= 0.3 is 0 Å². The van der Waals surface area contributed by atoms with E-state index in [2.05, 4.69) is 10.6 Å². The lowest BCUT2D eigenvalue weighted by Gasteiger charge is -2.23. The Bertz CT molecular complexity index is 743. The fraction of sp³-hybridized carbons (Fsp3) is 0.316. The largest absolute Gasteiger partial charge is 0.506 e. The van der Waals surface area contributed by atoms with Crippen LogP contribution in [0.1, 0.15) is 42.8 Å². The Hall–Kier alpha value is -2.28. The molecule has 0 aromatic heterocycles. The number of amides is 1. The lowest BCUT2D eigenvalue weighted by Crippen LogP contribution is -2.38. The molecule has 0 heterocycles. The topological polar surface area (TPSA) is 108 Å². The number of nitrogens with two attached hydrogens (primary N) is 1. The smallest absolute Gasteiger partial charge is 0.255 e. The Kier molecular flexibility index (Phi) is 7.44. The zero-order valence-electron chi connectivity index (χ0n) is 15.1. The van der Waals surface area contributed by atoms with Crippen LogP contribution in [0.4, 0.5) is 11.4 Å². The van der Waals surface area contributed by atoms with E-state index < -0.39 is 6.10 Å². The summed E-state index contributed by atoms with van der Waals surface area (Å²) in [4.78, 5) is 12.3. The third-order valence-corrected chi connectivity index (χ3v) is 3.65. The first-order valence-electron chi connectivity index (χ1n) is 8.08. The zero-order valence-corrected chi connectivity index (χ0v) is 15.9. The molecule has 2 rings (SSSR count). The number of benzene rings is 2. The fourth-order valence-corrected chi connectivity index (χ4v) is 2.21. The van der Waals surface area contributed by atoms with Crippen molar-refractivity contribution in [3.05, 3.63) is 53.6 Å². The minimum atomic E-state index is -0.757. The van der Waals surface area contributed by atoms with E-state index in [1.807, 2.05) is 20.8 Å². The summed E-state index contributed by atoms with van der Waals surface area (Å²) < 4.78 is 0. The minimum Gasteiger partial charge on any atom is -0.506 e. The van der Waals surface area contributed by atoms with Gasteiger partial charge in [0.2, 0.25) is 0 Å². The maximum absolute atomic E-state index is 12.3. The van der Waals surface area contributed by atoms with Crippen LogP contribution in [0.25, 0.3) is 0 Å². The van der Waals surface area contributed by atoms with E-state index in [0.717, 1.165) is 0 Å². The van der Waals surface area contributed by atoms with Crippen molar-refractivity contribution in [2.75, 3.05) is 17.6 Å². The van der Waals surface area contributed by atoms with Gasteiger partial charge in [0, 0.05) is 23.3 Å². The number of aliphatic hydroxyl groups is 1. The highest BCUT2D eigenvalue weighted by molar-refractivity contribution is 6.05. The van der Waals surface area contributed by atoms with Gasteiger partial charge < -0.3 is 26.6 Å². The number of aromatic hydroxyl groups is 1. The number of carbonyl (C=O) groups is 1. The van der Waals surface area contributed by atoms with Crippen LogP contribution in [0.3, 0.4) is 0 Å². The van der Waals surface area contributed by atoms with Gasteiger partial charge in [-0.3, -0.25) is 4.79 Å². The predicted octanol–water partition coefficient (Wildman–Crippen LogP) is 3.07. The first kappa shape index (κ1) is 21.8. The van der Waals surface area contributed by atoms with Crippen LogP contribution in [0, 0.1) is 0 Å². The van der Waals surface area contributed by atoms with Crippen molar-refractivity contribution < 1.29 is 15.0 Å². The highest BCUT2D eigenvalue weighted by Gasteiger charge is 2.16. The minimum absolute atomic E-state index is 0. The highest BCUT2D eigenvalue weighted by Crippen LogP contribution is 2.27. The van der Waals surface area contributed by atoms with Gasteiger partial charge in [0.15, 0.2) is 0 Å². The summed E-state index contributed by atoms with van der Waals surface area (Å²) in [5.74, 6) is -0.432. The number of nitrogens with one attached hydrogen (secondary N) is 2. The molecule has 2 aromatic rings. The molecule has 2 aromatic carbocycles. The number of nitrogen functional groups attached to an aromatic ring is 1. The fourth-order valence-electron chi connectivity index (χ4n) is 2.21. The maximum Gasteiger partial charge on any atom is 0.255 e. The van der Waals surface area contributed by atoms with Gasteiger partial charge in [-0.25, -0.2) is 0 Å². The van der Waals surface area contributed by atoms with Crippen LogP contribution in [-0.2, 0) is 0 Å². The van der Waals surface area contributed by atoms with Gasteiger partial charge in [-0.15, -0.1) is 12.4 Å². The van der Waals surface area contributed by atoms with Crippen LogP contribution in [-0.4, -0.2) is 28.2 Å². The molecule has 0 bridgehead atoms. The number of phenolic OH excluding ortho intramolecular Hbond substituents is 1. The van der Waals surface area contributed by atoms with Gasteiger partial charge in [-0.2, -0.15) is 0 Å². The Labute approximate surface area is 159 Å². The number of halogens is 1. The molecule has 0 saturated heterocycles. The average molecular weight is 380 g/mol. The number of β-amino-alcohol motifs (C(OH)–C–C–N with tert-alkyl or cyclic N) is 1. The van der Waals surface area contributed by atoms with Gasteiger partial charge in [0.25, 0.3) is 5.91 Å². The SMILES string of the molecule is CC(C)(C)NCC(O)c1ccc(O)c(NC(=O)c2ccc(N)cc2)c1.Cl. The summed E-state index contributed by atoms with van der Waals surface area (Å²) in [5.41, 5.74) is 7.32. The van der Waals surface area contributed by atoms with E-state index in [-0.39, 0.29) is 35.3 Å². The van der Waals surface area contributed by atoms with Crippen molar-refractivity contribution in [1.82, 2.24) is 5.32 Å². The molecule has 0 fully saturated rings. The summed E-state index contributed by atoms with van der Waals surface area (Å²) in [6.07, 6.45) is -0.757. The number of phenols is 1. The normalized spacial score (nSPS) is 12.2. The van der Waals surface area contributed by atoms with Crippen LogP contribution in [0.5, 0.6) is 5.75 Å². The molecule has 1 unspecified atom stereocenters. The summed E-state index contributed by atoms with van der Waals surface area (Å²) in [6.45, 7) is 6.39. The highest BCUT2D eigenvalue weighted by atomic mass is 35.5. The van der Waals surface area contributed by atoms with Crippen molar-refractivity contribution in [2.45, 2.75) is 32.4 Å². The van der Waals surface area contributed by atoms with E-state index in [9.17, 15) is 15.0 Å².